The molecule has 0 radical (unpaired) electrons. The molecule has 0 N–H and O–H groups in total. The van der Waals surface area contributed by atoms with Crippen LogP contribution in [0.2, 0.25) is 0 Å². The zero-order valence-electron chi connectivity index (χ0n) is 10.0. The first-order valence-electron chi connectivity index (χ1n) is 5.50. The summed E-state index contributed by atoms with van der Waals surface area (Å²) in [5, 5.41) is 0. The van der Waals surface area contributed by atoms with Gasteiger partial charge >= 0.3 is 6.18 Å². The lowest BCUT2D eigenvalue weighted by Crippen LogP contribution is -2.09. The number of carbonyl (C=O) groups is 1. The van der Waals surface area contributed by atoms with Crippen LogP contribution in [0.5, 0.6) is 0 Å². The van der Waals surface area contributed by atoms with Crippen LogP contribution >= 0.6 is 0 Å². The molecule has 19 heavy (non-hydrogen) atoms. The van der Waals surface area contributed by atoms with Gasteiger partial charge in [-0.25, -0.2) is 0 Å². The number of nitrogens with zero attached hydrogens (tertiary/aromatic N) is 1. The van der Waals surface area contributed by atoms with Crippen molar-refractivity contribution in [3.63, 3.8) is 0 Å². The Labute approximate surface area is 107 Å². The van der Waals surface area contributed by atoms with E-state index in [0.29, 0.717) is 11.1 Å². The highest BCUT2D eigenvalue weighted by atomic mass is 19.4. The van der Waals surface area contributed by atoms with Gasteiger partial charge in [0.2, 0.25) is 0 Å². The van der Waals surface area contributed by atoms with Crippen molar-refractivity contribution in [3.05, 3.63) is 53.3 Å². The Kier molecular flexibility index (Phi) is 3.38. The van der Waals surface area contributed by atoms with E-state index in [4.69, 9.17) is 0 Å². The molecule has 0 fully saturated rings. The quantitative estimate of drug-likeness (QED) is 0.771. The SMILES string of the molecule is Cc1cncc(-c2ccc(C=O)c(C(F)(F)F)c2)c1. The average Bonchev–Trinajstić information content (AvgIpc) is 2.37. The van der Waals surface area contributed by atoms with Gasteiger partial charge in [0.15, 0.2) is 6.29 Å². The minimum absolute atomic E-state index is 0.209. The van der Waals surface area contributed by atoms with Crippen molar-refractivity contribution in [2.75, 3.05) is 0 Å². The van der Waals surface area contributed by atoms with Crippen molar-refractivity contribution < 1.29 is 18.0 Å². The molecule has 2 rings (SSSR count). The van der Waals surface area contributed by atoms with Crippen LogP contribution < -0.4 is 0 Å². The molecule has 0 unspecified atom stereocenters. The largest absolute Gasteiger partial charge is 0.417 e. The van der Waals surface area contributed by atoms with Crippen LogP contribution in [-0.4, -0.2) is 11.3 Å². The number of hydrogen-bond acceptors (Lipinski definition) is 2. The Morgan fingerprint density at radius 1 is 1.11 bits per heavy atom. The van der Waals surface area contributed by atoms with Crippen LogP contribution in [-0.2, 0) is 6.18 Å². The summed E-state index contributed by atoms with van der Waals surface area (Å²) in [5.41, 5.74) is 0.529. The van der Waals surface area contributed by atoms with E-state index in [0.717, 1.165) is 11.6 Å². The number of aldehydes is 1. The van der Waals surface area contributed by atoms with E-state index in [1.165, 1.54) is 18.3 Å². The first-order chi connectivity index (χ1) is 8.91. The highest BCUT2D eigenvalue weighted by molar-refractivity contribution is 5.80. The predicted molar refractivity (Wildman–Crippen MR) is 64.8 cm³/mol. The van der Waals surface area contributed by atoms with Gasteiger partial charge in [-0.3, -0.25) is 9.78 Å². The van der Waals surface area contributed by atoms with E-state index >= 15 is 0 Å². The fourth-order valence-electron chi connectivity index (χ4n) is 1.80. The number of benzene rings is 1. The van der Waals surface area contributed by atoms with Crippen LogP contribution in [0.1, 0.15) is 21.5 Å². The van der Waals surface area contributed by atoms with Gasteiger partial charge in [0.1, 0.15) is 0 Å². The molecule has 1 heterocycles. The van der Waals surface area contributed by atoms with Gasteiger partial charge in [0, 0.05) is 23.5 Å². The zero-order chi connectivity index (χ0) is 14.0. The summed E-state index contributed by atoms with van der Waals surface area (Å²) in [6.07, 6.45) is -1.23. The Morgan fingerprint density at radius 3 is 2.42 bits per heavy atom. The molecule has 2 nitrogen and oxygen atoms in total. The van der Waals surface area contributed by atoms with Crippen LogP contribution in [0.3, 0.4) is 0 Å². The molecule has 0 atom stereocenters. The maximum atomic E-state index is 12.8. The number of aromatic nitrogens is 1. The molecule has 0 amide bonds. The molecule has 0 aliphatic heterocycles. The Bertz CT molecular complexity index is 620. The van der Waals surface area contributed by atoms with Crippen molar-refractivity contribution in [3.8, 4) is 11.1 Å². The smallest absolute Gasteiger partial charge is 0.298 e. The second kappa shape index (κ2) is 4.84. The monoisotopic (exact) mass is 265 g/mol. The van der Waals surface area contributed by atoms with Crippen molar-refractivity contribution >= 4 is 6.29 Å². The fraction of sp³-hybridized carbons (Fsp3) is 0.143. The Morgan fingerprint density at radius 2 is 1.84 bits per heavy atom. The number of halogens is 3. The van der Waals surface area contributed by atoms with E-state index in [9.17, 15) is 18.0 Å². The highest BCUT2D eigenvalue weighted by Crippen LogP contribution is 2.34. The van der Waals surface area contributed by atoms with Crippen molar-refractivity contribution in [1.29, 1.82) is 0 Å². The van der Waals surface area contributed by atoms with Crippen molar-refractivity contribution in [2.24, 2.45) is 0 Å². The van der Waals surface area contributed by atoms with Crippen LogP contribution in [0, 0.1) is 6.92 Å². The molecule has 2 aromatic rings. The standard InChI is InChI=1S/C14H10F3NO/c1-9-4-12(7-18-6-9)10-2-3-11(8-19)13(5-10)14(15,16)17/h2-8H,1H3. The van der Waals surface area contributed by atoms with Gasteiger partial charge in [-0.05, 0) is 30.2 Å². The van der Waals surface area contributed by atoms with Gasteiger partial charge in [-0.1, -0.05) is 12.1 Å². The molecule has 0 saturated heterocycles. The van der Waals surface area contributed by atoms with Crippen LogP contribution in [0.15, 0.2) is 36.7 Å². The maximum absolute atomic E-state index is 12.8. The summed E-state index contributed by atoms with van der Waals surface area (Å²) in [6.45, 7) is 1.81. The molecule has 98 valence electrons. The minimum atomic E-state index is -4.55. The van der Waals surface area contributed by atoms with Crippen LogP contribution in [0.25, 0.3) is 11.1 Å². The van der Waals surface area contributed by atoms with E-state index in [1.807, 2.05) is 0 Å². The van der Waals surface area contributed by atoms with Gasteiger partial charge in [0.25, 0.3) is 0 Å². The number of pyridine rings is 1. The topological polar surface area (TPSA) is 30.0 Å². The second-order valence-electron chi connectivity index (χ2n) is 4.17. The molecule has 0 aliphatic carbocycles. The van der Waals surface area contributed by atoms with Gasteiger partial charge < -0.3 is 0 Å². The van der Waals surface area contributed by atoms with Gasteiger partial charge in [-0.2, -0.15) is 13.2 Å². The number of hydrogen-bond donors (Lipinski definition) is 0. The molecule has 5 heteroatoms. The van der Waals surface area contributed by atoms with E-state index < -0.39 is 11.7 Å². The summed E-state index contributed by atoms with van der Waals surface area (Å²) in [6, 6.07) is 5.37. The molecule has 0 bridgehead atoms. The molecule has 1 aromatic carbocycles. The van der Waals surface area contributed by atoms with E-state index in [1.54, 1.807) is 19.2 Å². The summed E-state index contributed by atoms with van der Waals surface area (Å²) in [7, 11) is 0. The van der Waals surface area contributed by atoms with Gasteiger partial charge in [-0.15, -0.1) is 0 Å². The highest BCUT2D eigenvalue weighted by Gasteiger charge is 2.33. The molecule has 0 spiro atoms. The van der Waals surface area contributed by atoms with Gasteiger partial charge in [0.05, 0.1) is 5.56 Å². The summed E-state index contributed by atoms with van der Waals surface area (Å²) < 4.78 is 38.5. The first kappa shape index (κ1) is 13.3. The minimum Gasteiger partial charge on any atom is -0.298 e. The predicted octanol–water partition coefficient (Wildman–Crippen LogP) is 3.89. The van der Waals surface area contributed by atoms with Crippen molar-refractivity contribution in [2.45, 2.75) is 13.1 Å². The number of alkyl halides is 3. The number of rotatable bonds is 2. The normalized spacial score (nSPS) is 11.4. The summed E-state index contributed by atoms with van der Waals surface area (Å²) in [4.78, 5) is 14.6. The average molecular weight is 265 g/mol. The number of carbonyl (C=O) groups excluding carboxylic acids is 1. The Balaban J connectivity index is 2.58. The molecule has 0 aliphatic rings. The second-order valence-corrected chi connectivity index (χ2v) is 4.17. The molecule has 1 aromatic heterocycles. The maximum Gasteiger partial charge on any atom is 0.417 e. The Hall–Kier alpha value is -2.17. The summed E-state index contributed by atoms with van der Waals surface area (Å²) in [5.74, 6) is 0. The van der Waals surface area contributed by atoms with E-state index in [-0.39, 0.29) is 11.8 Å². The molecular formula is C14H10F3NO. The van der Waals surface area contributed by atoms with Crippen molar-refractivity contribution in [1.82, 2.24) is 4.98 Å². The lowest BCUT2D eigenvalue weighted by Gasteiger charge is -2.11. The fourth-order valence-corrected chi connectivity index (χ4v) is 1.80. The zero-order valence-corrected chi connectivity index (χ0v) is 10.0. The lowest BCUT2D eigenvalue weighted by atomic mass is 9.99. The van der Waals surface area contributed by atoms with E-state index in [2.05, 4.69) is 4.98 Å². The third kappa shape index (κ3) is 2.81. The summed E-state index contributed by atoms with van der Waals surface area (Å²) >= 11 is 0. The third-order valence-corrected chi connectivity index (χ3v) is 2.69. The lowest BCUT2D eigenvalue weighted by molar-refractivity contribution is -0.137. The number of aryl methyl sites for hydroxylation is 1. The first-order valence-corrected chi connectivity index (χ1v) is 5.50. The van der Waals surface area contributed by atoms with Crippen LogP contribution in [0.4, 0.5) is 13.2 Å². The third-order valence-electron chi connectivity index (χ3n) is 2.69. The molecular weight excluding hydrogens is 255 g/mol. The molecule has 0 saturated carbocycles.